The van der Waals surface area contributed by atoms with Gasteiger partial charge in [0, 0.05) is 0 Å². The molecular formula is C28H46O. The van der Waals surface area contributed by atoms with Gasteiger partial charge in [-0.25, -0.2) is 0 Å². The van der Waals surface area contributed by atoms with E-state index in [9.17, 15) is 5.11 Å². The molecule has 0 aromatic heterocycles. The van der Waals surface area contributed by atoms with Crippen molar-refractivity contribution in [3.8, 4) is 0 Å². The second-order valence-corrected chi connectivity index (χ2v) is 12.3. The average Bonchev–Trinajstić information content (AvgIpc) is 3.03. The third-order valence-corrected chi connectivity index (χ3v) is 10.8. The molecule has 0 aromatic carbocycles. The summed E-state index contributed by atoms with van der Waals surface area (Å²) in [6.07, 6.45) is 16.5. The molecule has 0 radical (unpaired) electrons. The lowest BCUT2D eigenvalue weighted by Gasteiger charge is -2.58. The van der Waals surface area contributed by atoms with Gasteiger partial charge >= 0.3 is 0 Å². The molecule has 0 amide bonds. The smallest absolute Gasteiger partial charge is 0.111 e. The fourth-order valence-corrected chi connectivity index (χ4v) is 8.44. The van der Waals surface area contributed by atoms with Gasteiger partial charge in [-0.2, -0.15) is 0 Å². The van der Waals surface area contributed by atoms with Crippen molar-refractivity contribution < 1.29 is 5.11 Å². The van der Waals surface area contributed by atoms with Gasteiger partial charge in [0.2, 0.25) is 0 Å². The molecule has 0 spiro atoms. The lowest BCUT2D eigenvalue weighted by molar-refractivity contribution is -0.0554. The molecule has 0 heterocycles. The van der Waals surface area contributed by atoms with Crippen LogP contribution in [-0.2, 0) is 0 Å². The molecule has 0 bridgehead atoms. The van der Waals surface area contributed by atoms with Crippen LogP contribution in [0.1, 0.15) is 99.3 Å². The van der Waals surface area contributed by atoms with Gasteiger partial charge in [0.05, 0.1) is 0 Å². The normalized spacial score (nSPS) is 43.7. The summed E-state index contributed by atoms with van der Waals surface area (Å²) >= 11 is 0. The van der Waals surface area contributed by atoms with Crippen molar-refractivity contribution in [2.45, 2.75) is 99.3 Å². The zero-order valence-electron chi connectivity index (χ0n) is 20.0. The molecule has 1 nitrogen and oxygen atoms in total. The van der Waals surface area contributed by atoms with Gasteiger partial charge in [0.15, 0.2) is 0 Å². The summed E-state index contributed by atoms with van der Waals surface area (Å²) in [5.41, 5.74) is 2.44. The number of hydrogen-bond acceptors (Lipinski definition) is 1. The molecule has 0 aliphatic heterocycles. The minimum Gasteiger partial charge on any atom is -0.508 e. The van der Waals surface area contributed by atoms with Crippen molar-refractivity contribution >= 4 is 0 Å². The largest absolute Gasteiger partial charge is 0.508 e. The molecule has 29 heavy (non-hydrogen) atoms. The van der Waals surface area contributed by atoms with E-state index in [-0.39, 0.29) is 0 Å². The summed E-state index contributed by atoms with van der Waals surface area (Å²) in [6, 6.07) is 0. The van der Waals surface area contributed by atoms with E-state index in [0.29, 0.717) is 16.6 Å². The van der Waals surface area contributed by atoms with Crippen LogP contribution in [0.15, 0.2) is 23.5 Å². The van der Waals surface area contributed by atoms with Crippen LogP contribution < -0.4 is 0 Å². The fourth-order valence-electron chi connectivity index (χ4n) is 8.44. The minimum absolute atomic E-state index is 0.312. The Bertz CT molecular complexity index is 672. The molecule has 0 saturated heterocycles. The van der Waals surface area contributed by atoms with Crippen molar-refractivity contribution in [1.82, 2.24) is 0 Å². The quantitative estimate of drug-likeness (QED) is 0.493. The Morgan fingerprint density at radius 3 is 2.48 bits per heavy atom. The summed E-state index contributed by atoms with van der Waals surface area (Å²) in [5.74, 6) is 6.70. The third kappa shape index (κ3) is 3.53. The minimum atomic E-state index is 0.312. The van der Waals surface area contributed by atoms with Crippen LogP contribution in [-0.4, -0.2) is 5.11 Å². The highest BCUT2D eigenvalue weighted by molar-refractivity contribution is 5.32. The van der Waals surface area contributed by atoms with E-state index in [1.165, 1.54) is 51.4 Å². The first kappa shape index (κ1) is 21.5. The summed E-state index contributed by atoms with van der Waals surface area (Å²) in [5, 5.41) is 10.1. The summed E-state index contributed by atoms with van der Waals surface area (Å²) in [6.45, 7) is 15.0. The first-order chi connectivity index (χ1) is 13.7. The monoisotopic (exact) mass is 398 g/mol. The molecule has 1 heteroatoms. The topological polar surface area (TPSA) is 20.2 Å². The lowest BCUT2D eigenvalue weighted by Crippen LogP contribution is -2.50. The summed E-state index contributed by atoms with van der Waals surface area (Å²) in [4.78, 5) is 0. The Balaban J connectivity index is 1.48. The van der Waals surface area contributed by atoms with Gasteiger partial charge in [-0.15, -0.1) is 0 Å². The molecule has 0 unspecified atom stereocenters. The van der Waals surface area contributed by atoms with Crippen molar-refractivity contribution in [2.75, 3.05) is 0 Å². The van der Waals surface area contributed by atoms with Crippen LogP contribution in [0.2, 0.25) is 0 Å². The number of aliphatic hydroxyl groups excluding tert-OH is 1. The molecule has 8 atom stereocenters. The third-order valence-electron chi connectivity index (χ3n) is 10.8. The molecule has 4 aliphatic carbocycles. The summed E-state index contributed by atoms with van der Waals surface area (Å²) in [7, 11) is 0. The van der Waals surface area contributed by atoms with Crippen LogP contribution in [0.5, 0.6) is 0 Å². The van der Waals surface area contributed by atoms with E-state index in [1.54, 1.807) is 5.57 Å². The first-order valence-electron chi connectivity index (χ1n) is 12.8. The van der Waals surface area contributed by atoms with Crippen LogP contribution in [0.25, 0.3) is 0 Å². The van der Waals surface area contributed by atoms with Crippen molar-refractivity contribution in [3.05, 3.63) is 23.5 Å². The van der Waals surface area contributed by atoms with Gasteiger partial charge in [-0.05, 0) is 109 Å². The maximum atomic E-state index is 10.1. The maximum absolute atomic E-state index is 10.1. The van der Waals surface area contributed by atoms with Crippen LogP contribution >= 0.6 is 0 Å². The Hall–Kier alpha value is -0.720. The number of hydrogen-bond donors (Lipinski definition) is 1. The fraction of sp³-hybridized carbons (Fsp3) is 0.857. The van der Waals surface area contributed by atoms with Gasteiger partial charge in [-0.3, -0.25) is 0 Å². The lowest BCUT2D eigenvalue weighted by atomic mass is 9.47. The number of aliphatic hydroxyl groups is 1. The Kier molecular flexibility index (Phi) is 5.75. The standard InChI is InChI=1S/C28H46O/c1-18(2)19(3)7-8-20(4)24-11-12-25-23-10-9-21-17-22(29)13-15-27(21,5)26(23)14-16-28(24,25)6/h13,17-20,23-26,29H,7-12,14-16H2,1-6H3/t19-,20+,23-,24+,25-,26-,27-,28+/m0/s1. The SMILES string of the molecule is CC(C)[C@@H](C)CC[C@@H](C)[C@H]1CC[C@H]2[C@@H]3CCC4=CC(O)=CC[C@]4(C)[C@H]3CC[C@]12C. The molecule has 0 aromatic rings. The average molecular weight is 399 g/mol. The Morgan fingerprint density at radius 1 is 1.00 bits per heavy atom. The van der Waals surface area contributed by atoms with Gasteiger partial charge in [0.1, 0.15) is 5.76 Å². The second kappa shape index (κ2) is 7.76. The van der Waals surface area contributed by atoms with E-state index >= 15 is 0 Å². The van der Waals surface area contributed by atoms with Crippen molar-refractivity contribution in [3.63, 3.8) is 0 Å². The van der Waals surface area contributed by atoms with Crippen LogP contribution in [0, 0.1) is 52.3 Å². The molecule has 164 valence electrons. The highest BCUT2D eigenvalue weighted by Crippen LogP contribution is 2.67. The zero-order chi connectivity index (χ0) is 21.0. The molecule has 3 saturated carbocycles. The van der Waals surface area contributed by atoms with E-state index < -0.39 is 0 Å². The molecular weight excluding hydrogens is 352 g/mol. The van der Waals surface area contributed by atoms with Gasteiger partial charge in [-0.1, -0.05) is 60.0 Å². The number of fused-ring (bicyclic) bond motifs is 5. The molecule has 4 aliphatic rings. The van der Waals surface area contributed by atoms with Crippen molar-refractivity contribution in [1.29, 1.82) is 0 Å². The van der Waals surface area contributed by atoms with Crippen LogP contribution in [0.3, 0.4) is 0 Å². The van der Waals surface area contributed by atoms with Crippen LogP contribution in [0.4, 0.5) is 0 Å². The first-order valence-corrected chi connectivity index (χ1v) is 12.8. The molecule has 4 rings (SSSR count). The summed E-state index contributed by atoms with van der Waals surface area (Å²) < 4.78 is 0. The van der Waals surface area contributed by atoms with E-state index in [4.69, 9.17) is 0 Å². The Labute approximate surface area is 180 Å². The number of allylic oxidation sites excluding steroid dienone is 3. The predicted molar refractivity (Wildman–Crippen MR) is 124 cm³/mol. The number of rotatable bonds is 5. The second-order valence-electron chi connectivity index (χ2n) is 12.3. The molecule has 3 fully saturated rings. The highest BCUT2D eigenvalue weighted by atomic mass is 16.3. The van der Waals surface area contributed by atoms with E-state index in [0.717, 1.165) is 47.8 Å². The van der Waals surface area contributed by atoms with Crippen molar-refractivity contribution in [2.24, 2.45) is 52.3 Å². The highest BCUT2D eigenvalue weighted by Gasteiger charge is 2.59. The predicted octanol–water partition coefficient (Wildman–Crippen LogP) is 8.33. The Morgan fingerprint density at radius 2 is 1.76 bits per heavy atom. The maximum Gasteiger partial charge on any atom is 0.111 e. The van der Waals surface area contributed by atoms with E-state index in [1.807, 2.05) is 0 Å². The van der Waals surface area contributed by atoms with Gasteiger partial charge in [0.25, 0.3) is 0 Å². The molecule has 1 N–H and O–H groups in total. The zero-order valence-corrected chi connectivity index (χ0v) is 20.0. The van der Waals surface area contributed by atoms with Gasteiger partial charge < -0.3 is 5.11 Å². The van der Waals surface area contributed by atoms with E-state index in [2.05, 4.69) is 53.7 Å².